The number of aryl methyl sites for hydroxylation is 2. The van der Waals surface area contributed by atoms with Gasteiger partial charge in [0.2, 0.25) is 0 Å². The van der Waals surface area contributed by atoms with Gasteiger partial charge < -0.3 is 0 Å². The lowest BCUT2D eigenvalue weighted by atomic mass is 10.0. The molecule has 3 aromatic rings. The zero-order chi connectivity index (χ0) is 23.3. The summed E-state index contributed by atoms with van der Waals surface area (Å²) in [4.78, 5) is 12.1. The Morgan fingerprint density at radius 3 is 1.67 bits per heavy atom. The third-order valence-electron chi connectivity index (χ3n) is 5.93. The average molecular weight is 441 g/mol. The Labute approximate surface area is 197 Å². The number of ketones is 1. The number of allylic oxidation sites excluding steroid dienone is 1. The number of benzene rings is 3. The molecule has 0 aliphatic carbocycles. The quantitative estimate of drug-likeness (QED) is 0.148. The molecule has 0 aliphatic heterocycles. The minimum atomic E-state index is -0.336. The van der Waals surface area contributed by atoms with Crippen LogP contribution in [0, 0.1) is 5.82 Å². The van der Waals surface area contributed by atoms with Gasteiger partial charge in [0.15, 0.2) is 5.78 Å². The molecular weight excluding hydrogens is 407 g/mol. The van der Waals surface area contributed by atoms with Crippen molar-refractivity contribution in [2.24, 2.45) is 0 Å². The molecular formula is C31H33FO. The number of unbranched alkanes of at least 4 members (excludes halogenated alkanes) is 5. The van der Waals surface area contributed by atoms with E-state index in [4.69, 9.17) is 0 Å². The van der Waals surface area contributed by atoms with Crippen LogP contribution in [0.5, 0.6) is 0 Å². The first-order valence-corrected chi connectivity index (χ1v) is 11.9. The van der Waals surface area contributed by atoms with Crippen molar-refractivity contribution in [1.29, 1.82) is 0 Å². The maximum Gasteiger partial charge on any atom is 0.185 e. The lowest BCUT2D eigenvalue weighted by Crippen LogP contribution is -1.93. The van der Waals surface area contributed by atoms with Gasteiger partial charge in [-0.1, -0.05) is 92.9 Å². The minimum absolute atomic E-state index is 0.121. The van der Waals surface area contributed by atoms with Crippen LogP contribution in [0.3, 0.4) is 0 Å². The summed E-state index contributed by atoms with van der Waals surface area (Å²) in [6.07, 6.45) is 15.1. The van der Waals surface area contributed by atoms with Gasteiger partial charge in [-0.25, -0.2) is 4.39 Å². The van der Waals surface area contributed by atoms with Crippen molar-refractivity contribution in [3.8, 4) is 0 Å². The van der Waals surface area contributed by atoms with Crippen LogP contribution < -0.4 is 0 Å². The molecule has 3 aromatic carbocycles. The fraction of sp³-hybridized carbons (Fsp3) is 0.258. The summed E-state index contributed by atoms with van der Waals surface area (Å²) in [7, 11) is 0. The second-order valence-corrected chi connectivity index (χ2v) is 8.51. The number of hydrogen-bond donors (Lipinski definition) is 0. The highest BCUT2D eigenvalue weighted by atomic mass is 19.1. The van der Waals surface area contributed by atoms with Crippen molar-refractivity contribution >= 4 is 17.9 Å². The smallest absolute Gasteiger partial charge is 0.185 e. The summed E-state index contributed by atoms with van der Waals surface area (Å²) in [6.45, 7) is 3.80. The van der Waals surface area contributed by atoms with Gasteiger partial charge in [0.05, 0.1) is 0 Å². The molecule has 0 N–H and O–H groups in total. The molecule has 1 nitrogen and oxygen atoms in total. The van der Waals surface area contributed by atoms with Crippen LogP contribution in [0.1, 0.15) is 71.1 Å². The van der Waals surface area contributed by atoms with Crippen LogP contribution in [0.2, 0.25) is 0 Å². The van der Waals surface area contributed by atoms with Crippen molar-refractivity contribution in [3.63, 3.8) is 0 Å². The van der Waals surface area contributed by atoms with Crippen LogP contribution in [-0.2, 0) is 12.8 Å². The Hall–Kier alpha value is -3.26. The number of halogens is 1. The largest absolute Gasteiger partial charge is 0.289 e. The number of carbonyl (C=O) groups excluding carboxylic acids is 1. The van der Waals surface area contributed by atoms with Crippen LogP contribution in [0.15, 0.2) is 85.5 Å². The molecule has 0 saturated heterocycles. The summed E-state index contributed by atoms with van der Waals surface area (Å²) < 4.78 is 13.0. The van der Waals surface area contributed by atoms with Crippen molar-refractivity contribution in [3.05, 3.63) is 119 Å². The van der Waals surface area contributed by atoms with E-state index in [-0.39, 0.29) is 11.6 Å². The fourth-order valence-corrected chi connectivity index (χ4v) is 3.86. The highest BCUT2D eigenvalue weighted by molar-refractivity contribution is 6.06. The number of carbonyl (C=O) groups is 1. The van der Waals surface area contributed by atoms with Gasteiger partial charge >= 0.3 is 0 Å². The zero-order valence-corrected chi connectivity index (χ0v) is 19.3. The highest BCUT2D eigenvalue weighted by Gasteiger charge is 2.02. The predicted octanol–water partition coefficient (Wildman–Crippen LogP) is 8.49. The van der Waals surface area contributed by atoms with Crippen LogP contribution in [0.4, 0.5) is 4.39 Å². The van der Waals surface area contributed by atoms with Gasteiger partial charge in [-0.2, -0.15) is 0 Å². The number of hydrogen-bond acceptors (Lipinski definition) is 1. The summed E-state index contributed by atoms with van der Waals surface area (Å²) in [6, 6.07) is 22.7. The molecule has 170 valence electrons. The van der Waals surface area contributed by atoms with E-state index in [0.29, 0.717) is 5.56 Å². The van der Waals surface area contributed by atoms with E-state index in [1.165, 1.54) is 79.5 Å². The lowest BCUT2D eigenvalue weighted by molar-refractivity contribution is 0.104. The van der Waals surface area contributed by atoms with Gasteiger partial charge in [-0.15, -0.1) is 0 Å². The van der Waals surface area contributed by atoms with Crippen molar-refractivity contribution in [2.45, 2.75) is 51.4 Å². The molecule has 33 heavy (non-hydrogen) atoms. The molecule has 3 rings (SSSR count). The van der Waals surface area contributed by atoms with Crippen molar-refractivity contribution < 1.29 is 9.18 Å². The monoisotopic (exact) mass is 440 g/mol. The van der Waals surface area contributed by atoms with E-state index < -0.39 is 0 Å². The Bertz CT molecular complexity index is 1030. The average Bonchev–Trinajstić information content (AvgIpc) is 2.85. The molecule has 0 saturated carbocycles. The second kappa shape index (κ2) is 13.3. The Morgan fingerprint density at radius 1 is 0.667 bits per heavy atom. The Morgan fingerprint density at radius 2 is 1.15 bits per heavy atom. The van der Waals surface area contributed by atoms with Crippen LogP contribution >= 0.6 is 0 Å². The molecule has 0 aliphatic rings. The highest BCUT2D eigenvalue weighted by Crippen LogP contribution is 2.14. The third-order valence-corrected chi connectivity index (χ3v) is 5.93. The molecule has 2 heteroatoms. The first-order valence-electron chi connectivity index (χ1n) is 11.9. The predicted molar refractivity (Wildman–Crippen MR) is 138 cm³/mol. The number of rotatable bonds is 13. The molecule has 0 aromatic heterocycles. The molecule has 0 bridgehead atoms. The van der Waals surface area contributed by atoms with E-state index in [1.54, 1.807) is 6.08 Å². The summed E-state index contributed by atoms with van der Waals surface area (Å²) in [5, 5.41) is 0. The second-order valence-electron chi connectivity index (χ2n) is 8.51. The maximum absolute atomic E-state index is 13.0. The summed E-state index contributed by atoms with van der Waals surface area (Å²) in [5.41, 5.74) is 5.42. The van der Waals surface area contributed by atoms with Crippen molar-refractivity contribution in [1.82, 2.24) is 0 Å². The van der Waals surface area contributed by atoms with Gasteiger partial charge in [-0.3, -0.25) is 4.79 Å². The summed E-state index contributed by atoms with van der Waals surface area (Å²) in [5.74, 6) is -0.457. The van der Waals surface area contributed by atoms with Gasteiger partial charge in [-0.05, 0) is 78.3 Å². The molecule has 0 heterocycles. The van der Waals surface area contributed by atoms with Gasteiger partial charge in [0.1, 0.15) is 5.82 Å². The van der Waals surface area contributed by atoms with E-state index in [2.05, 4.69) is 43.0 Å². The SMILES string of the molecule is C=Cc1ccc(CCCCCCCCc2ccc(C=CC(=O)c3ccc(F)cc3)cc2)cc1. The topological polar surface area (TPSA) is 17.1 Å². The van der Waals surface area contributed by atoms with Crippen LogP contribution in [0.25, 0.3) is 12.2 Å². The molecule has 0 atom stereocenters. The van der Waals surface area contributed by atoms with Crippen LogP contribution in [-0.4, -0.2) is 5.78 Å². The molecule has 0 unspecified atom stereocenters. The lowest BCUT2D eigenvalue weighted by Gasteiger charge is -2.04. The van der Waals surface area contributed by atoms with Crippen molar-refractivity contribution in [2.75, 3.05) is 0 Å². The summed E-state index contributed by atoms with van der Waals surface area (Å²) >= 11 is 0. The normalized spacial score (nSPS) is 11.1. The first-order chi connectivity index (χ1) is 16.1. The zero-order valence-electron chi connectivity index (χ0n) is 19.3. The van der Waals surface area contributed by atoms with Gasteiger partial charge in [0, 0.05) is 5.56 Å². The van der Waals surface area contributed by atoms with E-state index >= 15 is 0 Å². The van der Waals surface area contributed by atoms with Gasteiger partial charge in [0.25, 0.3) is 0 Å². The standard InChI is InChI=1S/C31H33FO/c1-2-25-11-13-26(14-12-25)9-7-5-3-4-6-8-10-27-15-17-28(18-16-27)19-24-31(33)29-20-22-30(32)23-21-29/h2,11-24H,1,3-10H2. The third kappa shape index (κ3) is 8.65. The maximum atomic E-state index is 13.0. The molecule has 0 amide bonds. The Balaban J connectivity index is 1.28. The fourth-order valence-electron chi connectivity index (χ4n) is 3.86. The van der Waals surface area contributed by atoms with E-state index in [1.807, 2.05) is 24.3 Å². The van der Waals surface area contributed by atoms with E-state index in [9.17, 15) is 9.18 Å². The Kier molecular flexibility index (Phi) is 9.85. The molecule has 0 radical (unpaired) electrons. The molecule has 0 fully saturated rings. The molecule has 0 spiro atoms. The first kappa shape index (κ1) is 24.4. The van der Waals surface area contributed by atoms with E-state index in [0.717, 1.165) is 18.4 Å². The minimum Gasteiger partial charge on any atom is -0.289 e.